The molecule has 100 valence electrons. The molecule has 0 spiro atoms. The van der Waals surface area contributed by atoms with Gasteiger partial charge in [0.2, 0.25) is 0 Å². The molecule has 0 aromatic heterocycles. The minimum atomic E-state index is -0.886. The first kappa shape index (κ1) is 15.9. The van der Waals surface area contributed by atoms with Crippen LogP contribution < -0.4 is 0 Å². The topological polar surface area (TPSA) is 77.8 Å². The van der Waals surface area contributed by atoms with Gasteiger partial charge in [0.05, 0.1) is 5.92 Å². The van der Waals surface area contributed by atoms with Crippen LogP contribution in [0.1, 0.15) is 40.0 Å². The average Bonchev–Trinajstić information content (AvgIpc) is 2.26. The molecule has 17 heavy (non-hydrogen) atoms. The highest BCUT2D eigenvalue weighted by Gasteiger charge is 2.26. The number of aliphatic carboxylic acids is 2. The molecule has 0 fully saturated rings. The van der Waals surface area contributed by atoms with Crippen molar-refractivity contribution in [1.29, 1.82) is 0 Å². The van der Waals surface area contributed by atoms with Crippen LogP contribution in [-0.4, -0.2) is 46.2 Å². The van der Waals surface area contributed by atoms with Crippen molar-refractivity contribution in [2.75, 3.05) is 13.1 Å². The number of carboxylic acid groups (broad SMARTS) is 2. The van der Waals surface area contributed by atoms with Crippen molar-refractivity contribution in [3.63, 3.8) is 0 Å². The van der Waals surface area contributed by atoms with Crippen molar-refractivity contribution in [1.82, 2.24) is 4.90 Å². The summed E-state index contributed by atoms with van der Waals surface area (Å²) in [4.78, 5) is 23.7. The van der Waals surface area contributed by atoms with Crippen LogP contribution in [0.4, 0.5) is 0 Å². The molecule has 5 heteroatoms. The Morgan fingerprint density at radius 2 is 1.76 bits per heavy atom. The van der Waals surface area contributed by atoms with E-state index in [0.717, 1.165) is 12.8 Å². The maximum Gasteiger partial charge on any atom is 0.320 e. The Morgan fingerprint density at radius 3 is 2.12 bits per heavy atom. The average molecular weight is 245 g/mol. The number of unbranched alkanes of at least 4 members (excludes halogenated alkanes) is 1. The Labute approximate surface area is 102 Å². The highest BCUT2D eigenvalue weighted by molar-refractivity contribution is 5.74. The molecule has 0 aromatic carbocycles. The summed E-state index contributed by atoms with van der Waals surface area (Å²) >= 11 is 0. The van der Waals surface area contributed by atoms with Crippen molar-refractivity contribution in [3.8, 4) is 0 Å². The van der Waals surface area contributed by atoms with Gasteiger partial charge in [0.1, 0.15) is 6.04 Å². The van der Waals surface area contributed by atoms with Gasteiger partial charge in [-0.25, -0.2) is 0 Å². The summed E-state index contributed by atoms with van der Waals surface area (Å²) < 4.78 is 0. The second-order valence-corrected chi connectivity index (χ2v) is 4.32. The van der Waals surface area contributed by atoms with E-state index in [9.17, 15) is 9.59 Å². The molecule has 0 saturated carbocycles. The third kappa shape index (κ3) is 5.68. The van der Waals surface area contributed by atoms with Crippen LogP contribution in [0.5, 0.6) is 0 Å². The normalized spacial score (nSPS) is 14.6. The minimum Gasteiger partial charge on any atom is -0.481 e. The number of nitrogens with zero attached hydrogens (tertiary/aromatic N) is 1. The zero-order valence-electron chi connectivity index (χ0n) is 10.8. The summed E-state index contributed by atoms with van der Waals surface area (Å²) in [6, 6.07) is -0.568. The molecule has 5 nitrogen and oxygen atoms in total. The van der Waals surface area contributed by atoms with E-state index >= 15 is 0 Å². The fraction of sp³-hybridized carbons (Fsp3) is 0.833. The van der Waals surface area contributed by atoms with Gasteiger partial charge in [0.25, 0.3) is 0 Å². The van der Waals surface area contributed by atoms with Gasteiger partial charge in [-0.05, 0) is 13.0 Å². The first-order chi connectivity index (χ1) is 7.93. The summed E-state index contributed by atoms with van der Waals surface area (Å²) in [5.41, 5.74) is 0. The SMILES string of the molecule is CCCCC(C(=O)O)N(CC)CC(C)C(=O)O. The lowest BCUT2D eigenvalue weighted by Crippen LogP contribution is -2.44. The third-order valence-electron chi connectivity index (χ3n) is 2.89. The summed E-state index contributed by atoms with van der Waals surface area (Å²) in [5.74, 6) is -2.29. The van der Waals surface area contributed by atoms with Gasteiger partial charge in [-0.3, -0.25) is 14.5 Å². The van der Waals surface area contributed by atoms with Crippen molar-refractivity contribution in [3.05, 3.63) is 0 Å². The maximum atomic E-state index is 11.2. The van der Waals surface area contributed by atoms with Gasteiger partial charge in [-0.2, -0.15) is 0 Å². The van der Waals surface area contributed by atoms with Crippen molar-refractivity contribution in [2.45, 2.75) is 46.1 Å². The Balaban J connectivity index is 4.55. The van der Waals surface area contributed by atoms with Crippen LogP contribution in [0, 0.1) is 5.92 Å². The molecule has 2 unspecified atom stereocenters. The Bertz CT molecular complexity index is 255. The maximum absolute atomic E-state index is 11.2. The van der Waals surface area contributed by atoms with E-state index in [0.29, 0.717) is 13.0 Å². The van der Waals surface area contributed by atoms with Crippen LogP contribution in [-0.2, 0) is 9.59 Å². The minimum absolute atomic E-state index is 0.284. The number of hydrogen-bond acceptors (Lipinski definition) is 3. The highest BCUT2D eigenvalue weighted by Crippen LogP contribution is 2.12. The molecule has 0 saturated heterocycles. The van der Waals surface area contributed by atoms with Crippen LogP contribution in [0.25, 0.3) is 0 Å². The van der Waals surface area contributed by atoms with Crippen molar-refractivity contribution < 1.29 is 19.8 Å². The first-order valence-corrected chi connectivity index (χ1v) is 6.13. The molecule has 0 aliphatic rings. The predicted molar refractivity (Wildman–Crippen MR) is 65.0 cm³/mol. The van der Waals surface area contributed by atoms with Gasteiger partial charge in [0, 0.05) is 6.54 Å². The molecule has 0 aliphatic carbocycles. The zero-order chi connectivity index (χ0) is 13.4. The lowest BCUT2D eigenvalue weighted by molar-refractivity contribution is -0.147. The molecular weight excluding hydrogens is 222 g/mol. The first-order valence-electron chi connectivity index (χ1n) is 6.13. The second kappa shape index (κ2) is 8.06. The largest absolute Gasteiger partial charge is 0.481 e. The summed E-state index contributed by atoms with van der Waals surface area (Å²) in [7, 11) is 0. The molecule has 0 bridgehead atoms. The fourth-order valence-electron chi connectivity index (χ4n) is 1.77. The molecule has 0 rings (SSSR count). The van der Waals surface area contributed by atoms with Crippen LogP contribution in [0.15, 0.2) is 0 Å². The van der Waals surface area contributed by atoms with E-state index in [1.807, 2.05) is 13.8 Å². The molecule has 0 radical (unpaired) electrons. The quantitative estimate of drug-likeness (QED) is 0.646. The van der Waals surface area contributed by atoms with Crippen molar-refractivity contribution >= 4 is 11.9 Å². The predicted octanol–water partition coefficient (Wildman–Crippen LogP) is 1.67. The smallest absolute Gasteiger partial charge is 0.320 e. The molecule has 2 N–H and O–H groups in total. The number of hydrogen-bond donors (Lipinski definition) is 2. The molecule has 2 atom stereocenters. The number of carboxylic acids is 2. The Hall–Kier alpha value is -1.10. The van der Waals surface area contributed by atoms with Gasteiger partial charge in [-0.1, -0.05) is 33.6 Å². The zero-order valence-corrected chi connectivity index (χ0v) is 10.8. The number of carbonyl (C=O) groups is 2. The third-order valence-corrected chi connectivity index (χ3v) is 2.89. The van der Waals surface area contributed by atoms with E-state index in [1.54, 1.807) is 11.8 Å². The summed E-state index contributed by atoms with van der Waals surface area (Å²) in [5, 5.41) is 18.0. The lowest BCUT2D eigenvalue weighted by atomic mass is 10.1. The van der Waals surface area contributed by atoms with E-state index < -0.39 is 23.9 Å². The lowest BCUT2D eigenvalue weighted by Gasteiger charge is -2.28. The van der Waals surface area contributed by atoms with Crippen molar-refractivity contribution in [2.24, 2.45) is 5.92 Å². The number of rotatable bonds is 9. The van der Waals surface area contributed by atoms with E-state index in [1.165, 1.54) is 0 Å². The van der Waals surface area contributed by atoms with Crippen LogP contribution >= 0.6 is 0 Å². The van der Waals surface area contributed by atoms with Gasteiger partial charge >= 0.3 is 11.9 Å². The fourth-order valence-corrected chi connectivity index (χ4v) is 1.77. The van der Waals surface area contributed by atoms with Crippen LogP contribution in [0.2, 0.25) is 0 Å². The second-order valence-electron chi connectivity index (χ2n) is 4.32. The monoisotopic (exact) mass is 245 g/mol. The number of likely N-dealkylation sites (N-methyl/N-ethyl adjacent to an activating group) is 1. The van der Waals surface area contributed by atoms with E-state index in [-0.39, 0.29) is 6.54 Å². The molecule has 0 heterocycles. The standard InChI is InChI=1S/C12H23NO4/c1-4-6-7-10(12(16)17)13(5-2)8-9(3)11(14)15/h9-10H,4-8H2,1-3H3,(H,14,15)(H,16,17). The van der Waals surface area contributed by atoms with Gasteiger partial charge in [-0.15, -0.1) is 0 Å². The molecular formula is C12H23NO4. The highest BCUT2D eigenvalue weighted by atomic mass is 16.4. The van der Waals surface area contributed by atoms with E-state index in [2.05, 4.69) is 0 Å². The molecule has 0 aliphatic heterocycles. The molecule has 0 amide bonds. The summed E-state index contributed by atoms with van der Waals surface area (Å²) in [6.07, 6.45) is 2.36. The molecule has 0 aromatic rings. The van der Waals surface area contributed by atoms with Crippen LogP contribution in [0.3, 0.4) is 0 Å². The Kier molecular flexibility index (Phi) is 7.54. The van der Waals surface area contributed by atoms with Gasteiger partial charge in [0.15, 0.2) is 0 Å². The van der Waals surface area contributed by atoms with E-state index in [4.69, 9.17) is 10.2 Å². The van der Waals surface area contributed by atoms with Gasteiger partial charge < -0.3 is 10.2 Å². The summed E-state index contributed by atoms with van der Waals surface area (Å²) in [6.45, 7) is 6.31. The Morgan fingerprint density at radius 1 is 1.18 bits per heavy atom.